The van der Waals surface area contributed by atoms with E-state index in [4.69, 9.17) is 11.6 Å². The molecule has 1 aromatic rings. The number of rotatable bonds is 1. The van der Waals surface area contributed by atoms with Gasteiger partial charge in [0.15, 0.2) is 8.23 Å². The van der Waals surface area contributed by atoms with Gasteiger partial charge < -0.3 is 0 Å². The molecule has 0 unspecified atom stereocenters. The molecule has 0 spiro atoms. The summed E-state index contributed by atoms with van der Waals surface area (Å²) in [5.74, 6) is 0. The van der Waals surface area contributed by atoms with Crippen LogP contribution in [0.2, 0.25) is 0 Å². The molecular formula is C6H5SSi. The van der Waals surface area contributed by atoms with Gasteiger partial charge in [-0.15, -0.1) is 11.6 Å². The van der Waals surface area contributed by atoms with Gasteiger partial charge in [0.2, 0.25) is 0 Å². The molecule has 1 aromatic carbocycles. The third-order valence-corrected chi connectivity index (χ3v) is 2.17. The molecule has 0 aliphatic heterocycles. The third kappa shape index (κ3) is 1.32. The molecule has 0 aliphatic rings. The van der Waals surface area contributed by atoms with E-state index in [0.717, 1.165) is 0 Å². The first-order valence-electron chi connectivity index (χ1n) is 2.36. The molecule has 0 heterocycles. The Labute approximate surface area is 55.9 Å². The average molecular weight is 137 g/mol. The van der Waals surface area contributed by atoms with Gasteiger partial charge in [-0.05, 0) is 5.19 Å². The molecule has 0 saturated heterocycles. The topological polar surface area (TPSA) is 0 Å². The lowest BCUT2D eigenvalue weighted by Crippen LogP contribution is -2.01. The molecule has 1 radical (unpaired) electrons. The molecule has 0 fully saturated rings. The molecule has 0 saturated carbocycles. The summed E-state index contributed by atoms with van der Waals surface area (Å²) in [6, 6.07) is 10.1. The molecule has 2 heteroatoms. The van der Waals surface area contributed by atoms with Gasteiger partial charge in [0.05, 0.1) is 0 Å². The van der Waals surface area contributed by atoms with Crippen LogP contribution in [0.3, 0.4) is 0 Å². The summed E-state index contributed by atoms with van der Waals surface area (Å²) < 4.78 is 0. The van der Waals surface area contributed by atoms with Crippen molar-refractivity contribution in [3.63, 3.8) is 0 Å². The molecule has 39 valence electrons. The van der Waals surface area contributed by atoms with E-state index in [0.29, 0.717) is 8.23 Å². The van der Waals surface area contributed by atoms with Gasteiger partial charge in [0, 0.05) is 0 Å². The van der Waals surface area contributed by atoms with Gasteiger partial charge in [-0.3, -0.25) is 0 Å². The molecule has 0 amide bonds. The van der Waals surface area contributed by atoms with Crippen LogP contribution in [0.25, 0.3) is 0 Å². The summed E-state index contributed by atoms with van der Waals surface area (Å²) in [5, 5.41) is 1.25. The van der Waals surface area contributed by atoms with Gasteiger partial charge in [-0.1, -0.05) is 30.3 Å². The average Bonchev–Trinajstić information content (AvgIpc) is 1.90. The number of benzene rings is 1. The molecule has 0 bridgehead atoms. The molecule has 0 N–H and O–H groups in total. The molecular weight excluding hydrogens is 132 g/mol. The van der Waals surface area contributed by atoms with Gasteiger partial charge in [0.25, 0.3) is 0 Å². The highest BCUT2D eigenvalue weighted by atomic mass is 32.2. The molecule has 0 nitrogen and oxygen atoms in total. The van der Waals surface area contributed by atoms with Crippen molar-refractivity contribution in [3.05, 3.63) is 30.3 Å². The second kappa shape index (κ2) is 2.84. The third-order valence-electron chi connectivity index (χ3n) is 0.892. The van der Waals surface area contributed by atoms with E-state index in [9.17, 15) is 0 Å². The summed E-state index contributed by atoms with van der Waals surface area (Å²) in [5.41, 5.74) is 0. The van der Waals surface area contributed by atoms with Gasteiger partial charge in [-0.2, -0.15) is 0 Å². The van der Waals surface area contributed by atoms with Crippen molar-refractivity contribution in [2.75, 3.05) is 0 Å². The number of hydrogen-bond donors (Lipinski definition) is 0. The second-order valence-corrected chi connectivity index (χ2v) is 2.86. The maximum atomic E-state index is 4.85. The fourth-order valence-corrected chi connectivity index (χ4v) is 1.24. The van der Waals surface area contributed by atoms with Gasteiger partial charge in [0.1, 0.15) is 0 Å². The Morgan fingerprint density at radius 1 is 1.12 bits per heavy atom. The van der Waals surface area contributed by atoms with Crippen molar-refractivity contribution >= 4 is 25.0 Å². The summed E-state index contributed by atoms with van der Waals surface area (Å²) in [4.78, 5) is 0. The minimum atomic E-state index is 0.513. The smallest absolute Gasteiger partial charge is 0.132 e. The minimum Gasteiger partial charge on any atom is -0.132 e. The lowest BCUT2D eigenvalue weighted by Gasteiger charge is -1.83. The van der Waals surface area contributed by atoms with E-state index in [1.807, 2.05) is 30.3 Å². The first-order chi connectivity index (χ1) is 3.93. The lowest BCUT2D eigenvalue weighted by atomic mass is 10.4. The van der Waals surface area contributed by atoms with E-state index in [-0.39, 0.29) is 0 Å². The van der Waals surface area contributed by atoms with Crippen molar-refractivity contribution in [2.45, 2.75) is 0 Å². The Morgan fingerprint density at radius 3 is 2.12 bits per heavy atom. The van der Waals surface area contributed by atoms with Crippen LogP contribution in [-0.4, -0.2) is 8.23 Å². The highest BCUT2D eigenvalue weighted by Gasteiger charge is 1.78. The highest BCUT2D eigenvalue weighted by molar-refractivity contribution is 7.87. The maximum Gasteiger partial charge on any atom is 0.153 e. The van der Waals surface area contributed by atoms with Gasteiger partial charge >= 0.3 is 0 Å². The van der Waals surface area contributed by atoms with Crippen LogP contribution in [0, 0.1) is 0 Å². The molecule has 8 heavy (non-hydrogen) atoms. The van der Waals surface area contributed by atoms with Crippen molar-refractivity contribution < 1.29 is 0 Å². The Hall–Kier alpha value is -0.343. The Kier molecular flexibility index (Phi) is 2.06. The predicted octanol–water partition coefficient (Wildman–Crippen LogP) is 1.13. The van der Waals surface area contributed by atoms with E-state index in [2.05, 4.69) is 0 Å². The standard InChI is InChI=1S/C6H5SSi/c7-8-6-4-2-1-3-5-6/h1-5H. The van der Waals surface area contributed by atoms with Crippen molar-refractivity contribution in [2.24, 2.45) is 0 Å². The van der Waals surface area contributed by atoms with Crippen LogP contribution in [0.1, 0.15) is 0 Å². The first-order valence-corrected chi connectivity index (χ1v) is 4.50. The van der Waals surface area contributed by atoms with Crippen molar-refractivity contribution in [1.82, 2.24) is 0 Å². The zero-order valence-corrected chi connectivity index (χ0v) is 6.11. The Balaban J connectivity index is 2.99. The molecule has 0 aliphatic carbocycles. The quantitative estimate of drug-likeness (QED) is 0.523. The number of hydrogen-bond acceptors (Lipinski definition) is 1. The SMILES string of the molecule is S=[Si]c1ccccc1. The van der Waals surface area contributed by atoms with E-state index in [1.165, 1.54) is 5.19 Å². The van der Waals surface area contributed by atoms with Crippen LogP contribution in [0.15, 0.2) is 30.3 Å². The normalized spacial score (nSPS) is 8.50. The van der Waals surface area contributed by atoms with Crippen LogP contribution < -0.4 is 5.19 Å². The zero-order chi connectivity index (χ0) is 5.82. The summed E-state index contributed by atoms with van der Waals surface area (Å²) in [7, 11) is 0.513. The van der Waals surface area contributed by atoms with Crippen LogP contribution >= 0.6 is 11.6 Å². The Morgan fingerprint density at radius 2 is 1.75 bits per heavy atom. The van der Waals surface area contributed by atoms with Crippen LogP contribution in [-0.2, 0) is 0 Å². The summed E-state index contributed by atoms with van der Waals surface area (Å²) in [6.07, 6.45) is 0. The largest absolute Gasteiger partial charge is 0.153 e. The first kappa shape index (κ1) is 5.79. The van der Waals surface area contributed by atoms with Crippen LogP contribution in [0.4, 0.5) is 0 Å². The lowest BCUT2D eigenvalue weighted by molar-refractivity contribution is 1.77. The van der Waals surface area contributed by atoms with Crippen LogP contribution in [0.5, 0.6) is 0 Å². The summed E-state index contributed by atoms with van der Waals surface area (Å²) in [6.45, 7) is 0. The zero-order valence-electron chi connectivity index (χ0n) is 4.29. The second-order valence-electron chi connectivity index (χ2n) is 1.47. The van der Waals surface area contributed by atoms with Crippen molar-refractivity contribution in [1.29, 1.82) is 0 Å². The van der Waals surface area contributed by atoms with E-state index < -0.39 is 0 Å². The highest BCUT2D eigenvalue weighted by Crippen LogP contribution is 1.78. The van der Waals surface area contributed by atoms with Gasteiger partial charge in [-0.25, -0.2) is 0 Å². The minimum absolute atomic E-state index is 0.513. The molecule has 0 aromatic heterocycles. The fourth-order valence-electron chi connectivity index (χ4n) is 0.506. The predicted molar refractivity (Wildman–Crippen MR) is 39.4 cm³/mol. The fraction of sp³-hybridized carbons (Fsp3) is 0. The van der Waals surface area contributed by atoms with Crippen molar-refractivity contribution in [3.8, 4) is 0 Å². The van der Waals surface area contributed by atoms with E-state index >= 15 is 0 Å². The maximum absolute atomic E-state index is 4.85. The molecule has 1 rings (SSSR count). The Bertz CT molecular complexity index is 171. The molecule has 0 atom stereocenters. The monoisotopic (exact) mass is 137 g/mol. The summed E-state index contributed by atoms with van der Waals surface area (Å²) >= 11 is 4.85. The van der Waals surface area contributed by atoms with E-state index in [1.54, 1.807) is 0 Å².